The Kier molecular flexibility index (Phi) is 8.16. The van der Waals surface area contributed by atoms with Crippen LogP contribution in [0.4, 0.5) is 10.5 Å². The van der Waals surface area contributed by atoms with Gasteiger partial charge in [-0.15, -0.1) is 0 Å². The van der Waals surface area contributed by atoms with E-state index in [1.807, 2.05) is 45.0 Å². The number of carbonyl (C=O) groups excluding carboxylic acids is 2. The van der Waals surface area contributed by atoms with Crippen molar-refractivity contribution in [3.05, 3.63) is 64.9 Å². The third-order valence-corrected chi connectivity index (χ3v) is 6.61. The van der Waals surface area contributed by atoms with E-state index in [1.165, 1.54) is 7.11 Å². The number of methoxy groups -OCH3 is 2. The van der Waals surface area contributed by atoms with Crippen LogP contribution in [0.5, 0.6) is 11.5 Å². The number of hydrogen-bond acceptors (Lipinski definition) is 6. The maximum atomic E-state index is 13.5. The van der Waals surface area contributed by atoms with Gasteiger partial charge in [-0.05, 0) is 76.1 Å². The summed E-state index contributed by atoms with van der Waals surface area (Å²) in [5, 5.41) is 7.92. The predicted octanol–water partition coefficient (Wildman–Crippen LogP) is 5.91. The summed E-state index contributed by atoms with van der Waals surface area (Å²) >= 11 is 6.25. The van der Waals surface area contributed by atoms with Crippen molar-refractivity contribution in [1.82, 2.24) is 14.7 Å². The molecular formula is C28H33ClN4O5. The largest absolute Gasteiger partial charge is 0.497 e. The van der Waals surface area contributed by atoms with Crippen LogP contribution in [0.3, 0.4) is 0 Å². The van der Waals surface area contributed by atoms with E-state index in [0.717, 1.165) is 17.1 Å². The second kappa shape index (κ2) is 11.3. The average Bonchev–Trinajstić information content (AvgIpc) is 3.33. The van der Waals surface area contributed by atoms with E-state index >= 15 is 0 Å². The Morgan fingerprint density at radius 1 is 1.03 bits per heavy atom. The van der Waals surface area contributed by atoms with Gasteiger partial charge in [0, 0.05) is 24.7 Å². The molecule has 0 atom stereocenters. The number of nitrogens with zero attached hydrogens (tertiary/aromatic N) is 3. The highest BCUT2D eigenvalue weighted by Crippen LogP contribution is 2.34. The van der Waals surface area contributed by atoms with Crippen molar-refractivity contribution in [3.63, 3.8) is 0 Å². The maximum absolute atomic E-state index is 13.5. The van der Waals surface area contributed by atoms with Gasteiger partial charge in [-0.25, -0.2) is 9.48 Å². The number of benzene rings is 2. The van der Waals surface area contributed by atoms with Gasteiger partial charge < -0.3 is 24.4 Å². The molecule has 10 heteroatoms. The van der Waals surface area contributed by atoms with Gasteiger partial charge in [-0.3, -0.25) is 4.79 Å². The Bertz CT molecular complexity index is 1290. The van der Waals surface area contributed by atoms with Crippen LogP contribution in [0.1, 0.15) is 55.6 Å². The highest BCUT2D eigenvalue weighted by Gasteiger charge is 2.32. The Balaban J connectivity index is 1.62. The lowest BCUT2D eigenvalue weighted by molar-refractivity contribution is 0.0203. The fourth-order valence-corrected chi connectivity index (χ4v) is 4.72. The molecule has 0 unspecified atom stereocenters. The standard InChI is InChI=1S/C28H33ClN4O5/c1-28(2,3)38-27(35)32-14-12-18(13-15-32)25-22(17-30-33(25)20-7-9-21(36-4)10-8-20)26(34)31-19-6-11-24(37-5)23(29)16-19/h6-11,16-18H,12-15H2,1-5H3,(H,31,34). The number of hydrogen-bond donors (Lipinski definition) is 1. The molecule has 1 saturated heterocycles. The minimum absolute atomic E-state index is 0.00139. The van der Waals surface area contributed by atoms with Crippen LogP contribution in [-0.4, -0.2) is 59.6 Å². The van der Waals surface area contributed by atoms with Crippen LogP contribution in [0.15, 0.2) is 48.7 Å². The monoisotopic (exact) mass is 540 g/mol. The van der Waals surface area contributed by atoms with Crippen LogP contribution in [0, 0.1) is 0 Å². The smallest absolute Gasteiger partial charge is 0.410 e. The predicted molar refractivity (Wildman–Crippen MR) is 146 cm³/mol. The molecule has 1 aliphatic heterocycles. The van der Waals surface area contributed by atoms with Crippen molar-refractivity contribution < 1.29 is 23.8 Å². The van der Waals surface area contributed by atoms with Gasteiger partial charge in [0.25, 0.3) is 5.91 Å². The van der Waals surface area contributed by atoms with Crippen molar-refractivity contribution in [2.24, 2.45) is 0 Å². The fraction of sp³-hybridized carbons (Fsp3) is 0.393. The Hall–Kier alpha value is -3.72. The van der Waals surface area contributed by atoms with E-state index in [2.05, 4.69) is 10.4 Å². The van der Waals surface area contributed by atoms with E-state index < -0.39 is 5.60 Å². The van der Waals surface area contributed by atoms with Crippen molar-refractivity contribution in [1.29, 1.82) is 0 Å². The third-order valence-electron chi connectivity index (χ3n) is 6.31. The summed E-state index contributed by atoms with van der Waals surface area (Å²) in [5.41, 5.74) is 2.04. The zero-order chi connectivity index (χ0) is 27.4. The molecule has 1 fully saturated rings. The zero-order valence-corrected chi connectivity index (χ0v) is 23.0. The molecule has 9 nitrogen and oxygen atoms in total. The van der Waals surface area contributed by atoms with Gasteiger partial charge in [0.2, 0.25) is 0 Å². The van der Waals surface area contributed by atoms with Crippen LogP contribution in [0.25, 0.3) is 5.69 Å². The summed E-state index contributed by atoms with van der Waals surface area (Å²) in [4.78, 5) is 27.8. The lowest BCUT2D eigenvalue weighted by Gasteiger charge is -2.34. The first kappa shape index (κ1) is 27.3. The number of likely N-dealkylation sites (tertiary alicyclic amines) is 1. The summed E-state index contributed by atoms with van der Waals surface area (Å²) in [7, 11) is 3.15. The molecule has 3 aromatic rings. The molecule has 2 heterocycles. The van der Waals surface area contributed by atoms with Gasteiger partial charge >= 0.3 is 6.09 Å². The number of aromatic nitrogens is 2. The minimum atomic E-state index is -0.559. The number of piperidine rings is 1. The first-order valence-corrected chi connectivity index (χ1v) is 12.8. The second-order valence-electron chi connectivity index (χ2n) is 10.1. The molecule has 1 N–H and O–H groups in total. The molecule has 1 aliphatic rings. The number of rotatable bonds is 6. The van der Waals surface area contributed by atoms with Crippen molar-refractivity contribution in [3.8, 4) is 17.2 Å². The molecule has 4 rings (SSSR count). The number of ether oxygens (including phenoxy) is 3. The highest BCUT2D eigenvalue weighted by atomic mass is 35.5. The topological polar surface area (TPSA) is 94.9 Å². The SMILES string of the molecule is COc1ccc(-n2ncc(C(=O)Nc3ccc(OC)c(Cl)c3)c2C2CCN(C(=O)OC(C)(C)C)CC2)cc1. The first-order valence-electron chi connectivity index (χ1n) is 12.4. The number of halogens is 1. The third kappa shape index (κ3) is 6.22. The van der Waals surface area contributed by atoms with Gasteiger partial charge in [0.05, 0.1) is 42.4 Å². The molecule has 0 spiro atoms. The average molecular weight is 541 g/mol. The maximum Gasteiger partial charge on any atom is 0.410 e. The van der Waals surface area contributed by atoms with Gasteiger partial charge in [0.15, 0.2) is 0 Å². The van der Waals surface area contributed by atoms with E-state index in [4.69, 9.17) is 25.8 Å². The summed E-state index contributed by atoms with van der Waals surface area (Å²) < 4.78 is 17.8. The number of nitrogens with one attached hydrogen (secondary N) is 1. The van der Waals surface area contributed by atoms with Crippen LogP contribution in [-0.2, 0) is 4.74 Å². The highest BCUT2D eigenvalue weighted by molar-refractivity contribution is 6.32. The molecule has 0 aliphatic carbocycles. The van der Waals surface area contributed by atoms with E-state index in [-0.39, 0.29) is 17.9 Å². The number of carbonyl (C=O) groups is 2. The molecule has 1 aromatic heterocycles. The first-order chi connectivity index (χ1) is 18.1. The van der Waals surface area contributed by atoms with Crippen LogP contribution in [0.2, 0.25) is 5.02 Å². The van der Waals surface area contributed by atoms with Crippen LogP contribution >= 0.6 is 11.6 Å². The normalized spacial score (nSPS) is 14.2. The van der Waals surface area contributed by atoms with Gasteiger partial charge in [-0.1, -0.05) is 11.6 Å². The summed E-state index contributed by atoms with van der Waals surface area (Å²) in [6.45, 7) is 6.59. The second-order valence-corrected chi connectivity index (χ2v) is 10.5. The fourth-order valence-electron chi connectivity index (χ4n) is 4.46. The molecule has 2 amide bonds. The van der Waals surface area contributed by atoms with Crippen molar-refractivity contribution in [2.45, 2.75) is 45.1 Å². The lowest BCUT2D eigenvalue weighted by Crippen LogP contribution is -2.41. The zero-order valence-electron chi connectivity index (χ0n) is 22.3. The lowest BCUT2D eigenvalue weighted by atomic mass is 9.90. The summed E-state index contributed by atoms with van der Waals surface area (Å²) in [6.07, 6.45) is 2.58. The van der Waals surface area contributed by atoms with E-state index in [1.54, 1.807) is 41.1 Å². The Morgan fingerprint density at radius 2 is 1.71 bits per heavy atom. The summed E-state index contributed by atoms with van der Waals surface area (Å²) in [6, 6.07) is 12.6. The van der Waals surface area contributed by atoms with Crippen LogP contribution < -0.4 is 14.8 Å². The number of amides is 2. The molecule has 2 aromatic carbocycles. The van der Waals surface area contributed by atoms with Crippen molar-refractivity contribution in [2.75, 3.05) is 32.6 Å². The quantitative estimate of drug-likeness (QED) is 0.417. The van der Waals surface area contributed by atoms with Gasteiger partial charge in [-0.2, -0.15) is 5.10 Å². The number of anilines is 1. The van der Waals surface area contributed by atoms with Crippen molar-refractivity contribution >= 4 is 29.3 Å². The molecule has 38 heavy (non-hydrogen) atoms. The molecule has 0 bridgehead atoms. The van der Waals surface area contributed by atoms with E-state index in [0.29, 0.717) is 48.0 Å². The molecular weight excluding hydrogens is 508 g/mol. The Morgan fingerprint density at radius 3 is 2.29 bits per heavy atom. The molecule has 0 radical (unpaired) electrons. The minimum Gasteiger partial charge on any atom is -0.497 e. The molecule has 0 saturated carbocycles. The van der Waals surface area contributed by atoms with Gasteiger partial charge in [0.1, 0.15) is 17.1 Å². The summed E-state index contributed by atoms with van der Waals surface area (Å²) in [5.74, 6) is 0.950. The van der Waals surface area contributed by atoms with E-state index in [9.17, 15) is 9.59 Å². The molecule has 202 valence electrons. The Labute approximate surface area is 227 Å².